The van der Waals surface area contributed by atoms with Gasteiger partial charge >= 0.3 is 0 Å². The first-order valence-corrected chi connectivity index (χ1v) is 12.5. The highest BCUT2D eigenvalue weighted by atomic mass is 32.2. The smallest absolute Gasteiger partial charge is 0.251 e. The van der Waals surface area contributed by atoms with Gasteiger partial charge in [0, 0.05) is 24.7 Å². The molecule has 6 nitrogen and oxygen atoms in total. The Balaban J connectivity index is 1.42. The van der Waals surface area contributed by atoms with Crippen LogP contribution in [0.1, 0.15) is 40.7 Å². The summed E-state index contributed by atoms with van der Waals surface area (Å²) in [6, 6.07) is 17.1. The second kappa shape index (κ2) is 10.6. The maximum Gasteiger partial charge on any atom is 0.251 e. The molecule has 0 unspecified atom stereocenters. The van der Waals surface area contributed by atoms with Gasteiger partial charge < -0.3 is 10.2 Å². The molecule has 0 radical (unpaired) electrons. The first kappa shape index (κ1) is 23.0. The number of likely N-dealkylation sites (tertiary alicyclic amines) is 1. The van der Waals surface area contributed by atoms with E-state index in [1.807, 2.05) is 55.5 Å². The Labute approximate surface area is 184 Å². The molecule has 166 valence electrons. The molecular weight excluding hydrogens is 412 g/mol. The molecule has 0 spiro atoms. The van der Waals surface area contributed by atoms with E-state index in [1.165, 1.54) is 0 Å². The lowest BCUT2D eigenvalue weighted by Gasteiger charge is -2.32. The standard InChI is InChI=1S/C24H30N2O4S/c1-19-8-5-6-12-22(19)24(28)25-21-13-15-26(16-14-21)23(27)18-31(29,30)17-7-11-20-9-3-2-4-10-20/h2-6,8-10,12,21H,7,11,13-18H2,1H3,(H,25,28). The number of benzene rings is 2. The molecule has 3 rings (SSSR count). The van der Waals surface area contributed by atoms with E-state index in [4.69, 9.17) is 0 Å². The molecule has 1 N–H and O–H groups in total. The summed E-state index contributed by atoms with van der Waals surface area (Å²) in [5, 5.41) is 3.03. The number of amides is 2. The molecule has 1 aliphatic heterocycles. The maximum atomic E-state index is 12.5. The second-order valence-corrected chi connectivity index (χ2v) is 10.3. The van der Waals surface area contributed by atoms with Crippen molar-refractivity contribution in [2.75, 3.05) is 24.6 Å². The molecule has 2 aromatic rings. The van der Waals surface area contributed by atoms with Gasteiger partial charge in [-0.05, 0) is 49.8 Å². The van der Waals surface area contributed by atoms with Gasteiger partial charge in [-0.25, -0.2) is 8.42 Å². The molecule has 0 saturated carbocycles. The number of hydrogen-bond acceptors (Lipinski definition) is 4. The van der Waals surface area contributed by atoms with Crippen molar-refractivity contribution in [2.45, 2.75) is 38.6 Å². The van der Waals surface area contributed by atoms with Crippen LogP contribution in [0.2, 0.25) is 0 Å². The summed E-state index contributed by atoms with van der Waals surface area (Å²) in [4.78, 5) is 26.6. The van der Waals surface area contributed by atoms with Crippen LogP contribution in [-0.2, 0) is 21.1 Å². The number of piperidine rings is 1. The summed E-state index contributed by atoms with van der Waals surface area (Å²) in [5.41, 5.74) is 2.67. The summed E-state index contributed by atoms with van der Waals surface area (Å²) < 4.78 is 24.7. The predicted molar refractivity (Wildman–Crippen MR) is 122 cm³/mol. The first-order chi connectivity index (χ1) is 14.8. The number of carbonyl (C=O) groups excluding carboxylic acids is 2. The molecule has 2 amide bonds. The van der Waals surface area contributed by atoms with Crippen molar-refractivity contribution in [3.8, 4) is 0 Å². The number of nitrogens with zero attached hydrogens (tertiary/aromatic N) is 1. The van der Waals surface area contributed by atoms with Gasteiger partial charge in [-0.3, -0.25) is 9.59 Å². The third kappa shape index (κ3) is 6.92. The molecule has 2 aromatic carbocycles. The lowest BCUT2D eigenvalue weighted by atomic mass is 10.0. The average Bonchev–Trinajstić information content (AvgIpc) is 2.75. The Morgan fingerprint density at radius 2 is 1.65 bits per heavy atom. The van der Waals surface area contributed by atoms with Gasteiger partial charge in [0.1, 0.15) is 5.75 Å². The molecule has 0 atom stereocenters. The number of hydrogen-bond donors (Lipinski definition) is 1. The number of sulfone groups is 1. The summed E-state index contributed by atoms with van der Waals surface area (Å²) in [6.07, 6.45) is 2.43. The molecule has 0 bridgehead atoms. The van der Waals surface area contributed by atoms with Crippen molar-refractivity contribution in [1.29, 1.82) is 0 Å². The van der Waals surface area contributed by atoms with Gasteiger partial charge in [-0.2, -0.15) is 0 Å². The number of nitrogens with one attached hydrogen (secondary N) is 1. The summed E-state index contributed by atoms with van der Waals surface area (Å²) >= 11 is 0. The summed E-state index contributed by atoms with van der Waals surface area (Å²) in [5.74, 6) is -0.884. The molecule has 1 heterocycles. The van der Waals surface area contributed by atoms with Crippen LogP contribution < -0.4 is 5.32 Å². The van der Waals surface area contributed by atoms with Crippen LogP contribution in [-0.4, -0.2) is 55.8 Å². The largest absolute Gasteiger partial charge is 0.349 e. The van der Waals surface area contributed by atoms with E-state index >= 15 is 0 Å². The third-order valence-electron chi connectivity index (χ3n) is 5.68. The monoisotopic (exact) mass is 442 g/mol. The third-order valence-corrected chi connectivity index (χ3v) is 7.28. The number of carbonyl (C=O) groups is 2. The fraction of sp³-hybridized carbons (Fsp3) is 0.417. The number of aryl methyl sites for hydroxylation is 2. The second-order valence-electron chi connectivity index (χ2n) is 8.12. The highest BCUT2D eigenvalue weighted by molar-refractivity contribution is 7.92. The van der Waals surface area contributed by atoms with Gasteiger partial charge in [0.05, 0.1) is 5.75 Å². The molecule has 0 aromatic heterocycles. The van der Waals surface area contributed by atoms with Crippen LogP contribution in [0.3, 0.4) is 0 Å². The Hall–Kier alpha value is -2.67. The van der Waals surface area contributed by atoms with E-state index in [2.05, 4.69) is 5.32 Å². The first-order valence-electron chi connectivity index (χ1n) is 10.7. The quantitative estimate of drug-likeness (QED) is 0.681. The minimum atomic E-state index is -3.43. The molecule has 7 heteroatoms. The highest BCUT2D eigenvalue weighted by Crippen LogP contribution is 2.14. The molecule has 31 heavy (non-hydrogen) atoms. The Kier molecular flexibility index (Phi) is 7.85. The van der Waals surface area contributed by atoms with E-state index < -0.39 is 15.6 Å². The molecule has 0 aliphatic carbocycles. The van der Waals surface area contributed by atoms with E-state index in [0.29, 0.717) is 44.3 Å². The van der Waals surface area contributed by atoms with Crippen molar-refractivity contribution in [3.05, 3.63) is 71.3 Å². The molecule has 1 fully saturated rings. The van der Waals surface area contributed by atoms with Crippen LogP contribution in [0.4, 0.5) is 0 Å². The van der Waals surface area contributed by atoms with Crippen molar-refractivity contribution >= 4 is 21.7 Å². The fourth-order valence-corrected chi connectivity index (χ4v) is 5.14. The summed E-state index contributed by atoms with van der Waals surface area (Å²) in [7, 11) is -3.43. The Morgan fingerprint density at radius 3 is 2.32 bits per heavy atom. The lowest BCUT2D eigenvalue weighted by Crippen LogP contribution is -2.48. The van der Waals surface area contributed by atoms with E-state index in [-0.39, 0.29) is 23.6 Å². The minimum Gasteiger partial charge on any atom is -0.349 e. The van der Waals surface area contributed by atoms with Crippen molar-refractivity contribution < 1.29 is 18.0 Å². The lowest BCUT2D eigenvalue weighted by molar-refractivity contribution is -0.129. The zero-order valence-corrected chi connectivity index (χ0v) is 18.7. The van der Waals surface area contributed by atoms with Gasteiger partial charge in [-0.15, -0.1) is 0 Å². The van der Waals surface area contributed by atoms with E-state index in [0.717, 1.165) is 11.1 Å². The van der Waals surface area contributed by atoms with Crippen LogP contribution in [0.25, 0.3) is 0 Å². The van der Waals surface area contributed by atoms with Gasteiger partial charge in [0.15, 0.2) is 9.84 Å². The van der Waals surface area contributed by atoms with Crippen LogP contribution in [0.15, 0.2) is 54.6 Å². The molecule has 1 aliphatic rings. The Morgan fingerprint density at radius 1 is 1.00 bits per heavy atom. The SMILES string of the molecule is Cc1ccccc1C(=O)NC1CCN(C(=O)CS(=O)(=O)CCCc2ccccc2)CC1. The predicted octanol–water partition coefficient (Wildman–Crippen LogP) is 2.76. The zero-order valence-electron chi connectivity index (χ0n) is 17.9. The topological polar surface area (TPSA) is 83.6 Å². The van der Waals surface area contributed by atoms with Crippen LogP contribution in [0, 0.1) is 6.92 Å². The highest BCUT2D eigenvalue weighted by Gasteiger charge is 2.27. The van der Waals surface area contributed by atoms with Crippen molar-refractivity contribution in [2.24, 2.45) is 0 Å². The van der Waals surface area contributed by atoms with E-state index in [9.17, 15) is 18.0 Å². The minimum absolute atomic E-state index is 0.0105. The zero-order chi connectivity index (χ0) is 22.3. The van der Waals surface area contributed by atoms with Crippen molar-refractivity contribution in [1.82, 2.24) is 10.2 Å². The maximum absolute atomic E-state index is 12.5. The molecular formula is C24H30N2O4S. The van der Waals surface area contributed by atoms with E-state index in [1.54, 1.807) is 11.0 Å². The van der Waals surface area contributed by atoms with Crippen LogP contribution in [0.5, 0.6) is 0 Å². The fourth-order valence-electron chi connectivity index (χ4n) is 3.86. The average molecular weight is 443 g/mol. The Bertz CT molecular complexity index is 997. The normalized spacial score (nSPS) is 14.9. The molecule has 1 saturated heterocycles. The number of rotatable bonds is 8. The summed E-state index contributed by atoms with van der Waals surface area (Å²) in [6.45, 7) is 2.81. The van der Waals surface area contributed by atoms with Gasteiger partial charge in [0.25, 0.3) is 5.91 Å². The van der Waals surface area contributed by atoms with Crippen molar-refractivity contribution in [3.63, 3.8) is 0 Å². The van der Waals surface area contributed by atoms with Gasteiger partial charge in [0.2, 0.25) is 5.91 Å². The van der Waals surface area contributed by atoms with Gasteiger partial charge in [-0.1, -0.05) is 48.5 Å². The van der Waals surface area contributed by atoms with Crippen LogP contribution >= 0.6 is 0 Å².